The summed E-state index contributed by atoms with van der Waals surface area (Å²) in [5.41, 5.74) is 0. The van der Waals surface area contributed by atoms with Gasteiger partial charge in [-0.3, -0.25) is 4.79 Å². The Balaban J connectivity index is 1.59. The van der Waals surface area contributed by atoms with E-state index >= 15 is 0 Å². The molecule has 0 bridgehead atoms. The topological polar surface area (TPSA) is 35.5 Å². The Hall–Kier alpha value is -0.410. The summed E-state index contributed by atoms with van der Waals surface area (Å²) in [4.78, 5) is 10.6. The average molecular weight is 170 g/mol. The summed E-state index contributed by atoms with van der Waals surface area (Å²) < 4.78 is 10.7. The highest BCUT2D eigenvalue weighted by Gasteiger charge is 2.28. The molecule has 0 spiro atoms. The monoisotopic (exact) mass is 170 g/mol. The van der Waals surface area contributed by atoms with Crippen LogP contribution in [-0.2, 0) is 14.3 Å². The Morgan fingerprint density at radius 3 is 2.92 bits per heavy atom. The summed E-state index contributed by atoms with van der Waals surface area (Å²) in [6.45, 7) is 2.48. The number of carbonyl (C=O) groups is 1. The van der Waals surface area contributed by atoms with E-state index in [4.69, 9.17) is 9.47 Å². The maximum Gasteiger partial charge on any atom is 0.138 e. The molecule has 1 atom stereocenters. The van der Waals surface area contributed by atoms with Crippen LogP contribution in [0, 0.1) is 5.92 Å². The number of hydrogen-bond donors (Lipinski definition) is 0. The molecule has 1 saturated heterocycles. The predicted octanol–water partition coefficient (Wildman–Crippen LogP) is 0.771. The molecule has 0 N–H and O–H groups in total. The molecule has 12 heavy (non-hydrogen) atoms. The first-order valence-electron chi connectivity index (χ1n) is 4.55. The molecule has 0 aromatic rings. The average Bonchev–Trinajstić information content (AvgIpc) is 2.47. The molecule has 1 aliphatic carbocycles. The predicted molar refractivity (Wildman–Crippen MR) is 42.9 cm³/mol. The lowest BCUT2D eigenvalue weighted by molar-refractivity contribution is -0.135. The van der Waals surface area contributed by atoms with E-state index in [-0.39, 0.29) is 6.10 Å². The molecule has 3 nitrogen and oxygen atoms in total. The van der Waals surface area contributed by atoms with E-state index < -0.39 is 0 Å². The fourth-order valence-electron chi connectivity index (χ4n) is 1.55. The molecule has 1 heterocycles. The van der Waals surface area contributed by atoms with Crippen molar-refractivity contribution >= 4 is 5.78 Å². The zero-order valence-electron chi connectivity index (χ0n) is 7.12. The SMILES string of the molecule is O=C1CC(OCC2CCOC2)C1. The van der Waals surface area contributed by atoms with Crippen molar-refractivity contribution in [2.45, 2.75) is 25.4 Å². The molecule has 0 aromatic heterocycles. The lowest BCUT2D eigenvalue weighted by atomic mass is 9.94. The summed E-state index contributed by atoms with van der Waals surface area (Å²) in [5.74, 6) is 0.906. The van der Waals surface area contributed by atoms with E-state index in [9.17, 15) is 4.79 Å². The summed E-state index contributed by atoms with van der Waals surface area (Å²) in [5, 5.41) is 0. The van der Waals surface area contributed by atoms with E-state index in [0.29, 0.717) is 24.5 Å². The molecule has 0 aromatic carbocycles. The Morgan fingerprint density at radius 2 is 2.33 bits per heavy atom. The molecule has 3 heteroatoms. The Bertz CT molecular complexity index is 165. The first kappa shape index (κ1) is 8.20. The van der Waals surface area contributed by atoms with Crippen LogP contribution in [0.5, 0.6) is 0 Å². The van der Waals surface area contributed by atoms with E-state index in [0.717, 1.165) is 26.2 Å². The van der Waals surface area contributed by atoms with Gasteiger partial charge in [0, 0.05) is 25.4 Å². The van der Waals surface area contributed by atoms with Gasteiger partial charge < -0.3 is 9.47 Å². The zero-order chi connectivity index (χ0) is 8.39. The minimum absolute atomic E-state index is 0.220. The van der Waals surface area contributed by atoms with Crippen molar-refractivity contribution in [3.63, 3.8) is 0 Å². The number of ether oxygens (including phenoxy) is 2. The summed E-state index contributed by atoms with van der Waals surface area (Å²) in [7, 11) is 0. The van der Waals surface area contributed by atoms with Crippen molar-refractivity contribution in [3.05, 3.63) is 0 Å². The summed E-state index contributed by atoms with van der Waals surface area (Å²) in [6.07, 6.45) is 2.60. The minimum Gasteiger partial charge on any atom is -0.381 e. The van der Waals surface area contributed by atoms with Crippen LogP contribution in [-0.4, -0.2) is 31.7 Å². The Kier molecular flexibility index (Phi) is 2.42. The fraction of sp³-hybridized carbons (Fsp3) is 0.889. The van der Waals surface area contributed by atoms with Crippen LogP contribution in [0.4, 0.5) is 0 Å². The van der Waals surface area contributed by atoms with Gasteiger partial charge in [-0.2, -0.15) is 0 Å². The van der Waals surface area contributed by atoms with Crippen LogP contribution >= 0.6 is 0 Å². The highest BCUT2D eigenvalue weighted by Crippen LogP contribution is 2.21. The van der Waals surface area contributed by atoms with Crippen molar-refractivity contribution in [1.29, 1.82) is 0 Å². The van der Waals surface area contributed by atoms with Crippen LogP contribution in [0.2, 0.25) is 0 Å². The van der Waals surface area contributed by atoms with Crippen molar-refractivity contribution < 1.29 is 14.3 Å². The first-order valence-corrected chi connectivity index (χ1v) is 4.55. The molecule has 0 amide bonds. The van der Waals surface area contributed by atoms with Gasteiger partial charge in [0.2, 0.25) is 0 Å². The molecule has 1 aliphatic heterocycles. The third-order valence-electron chi connectivity index (χ3n) is 2.50. The van der Waals surface area contributed by atoms with Gasteiger partial charge in [0.05, 0.1) is 19.3 Å². The quantitative estimate of drug-likeness (QED) is 0.627. The third-order valence-corrected chi connectivity index (χ3v) is 2.50. The largest absolute Gasteiger partial charge is 0.381 e. The van der Waals surface area contributed by atoms with E-state index in [1.165, 1.54) is 0 Å². The molecule has 0 radical (unpaired) electrons. The molecule has 2 aliphatic rings. The van der Waals surface area contributed by atoms with Crippen LogP contribution < -0.4 is 0 Å². The van der Waals surface area contributed by atoms with Gasteiger partial charge >= 0.3 is 0 Å². The zero-order valence-corrected chi connectivity index (χ0v) is 7.12. The van der Waals surface area contributed by atoms with Crippen molar-refractivity contribution in [2.24, 2.45) is 5.92 Å². The molecule has 1 unspecified atom stereocenters. The second-order valence-corrected chi connectivity index (χ2v) is 3.63. The number of hydrogen-bond acceptors (Lipinski definition) is 3. The minimum atomic E-state index is 0.220. The first-order chi connectivity index (χ1) is 5.84. The van der Waals surface area contributed by atoms with Gasteiger partial charge in [-0.15, -0.1) is 0 Å². The second-order valence-electron chi connectivity index (χ2n) is 3.63. The Labute approximate surface area is 72.0 Å². The third kappa shape index (κ3) is 1.84. The molecular weight excluding hydrogens is 156 g/mol. The number of ketones is 1. The van der Waals surface area contributed by atoms with Crippen LogP contribution in [0.3, 0.4) is 0 Å². The summed E-state index contributed by atoms with van der Waals surface area (Å²) >= 11 is 0. The van der Waals surface area contributed by atoms with Gasteiger partial charge in [-0.25, -0.2) is 0 Å². The van der Waals surface area contributed by atoms with Gasteiger partial charge in [0.1, 0.15) is 5.78 Å². The maximum absolute atomic E-state index is 10.6. The normalized spacial score (nSPS) is 30.7. The standard InChI is InChI=1S/C9H14O3/c10-8-3-9(4-8)12-6-7-1-2-11-5-7/h7,9H,1-6H2. The van der Waals surface area contributed by atoms with Gasteiger partial charge in [0.15, 0.2) is 0 Å². The van der Waals surface area contributed by atoms with E-state index in [2.05, 4.69) is 0 Å². The fourth-order valence-corrected chi connectivity index (χ4v) is 1.55. The van der Waals surface area contributed by atoms with E-state index in [1.54, 1.807) is 0 Å². The van der Waals surface area contributed by atoms with Crippen molar-refractivity contribution in [2.75, 3.05) is 19.8 Å². The van der Waals surface area contributed by atoms with Gasteiger partial charge in [0.25, 0.3) is 0 Å². The van der Waals surface area contributed by atoms with Crippen LogP contribution in [0.25, 0.3) is 0 Å². The molecule has 1 saturated carbocycles. The second kappa shape index (κ2) is 3.54. The van der Waals surface area contributed by atoms with Gasteiger partial charge in [-0.1, -0.05) is 0 Å². The molecule has 2 fully saturated rings. The summed E-state index contributed by atoms with van der Waals surface area (Å²) in [6, 6.07) is 0. The van der Waals surface area contributed by atoms with E-state index in [1.807, 2.05) is 0 Å². The van der Waals surface area contributed by atoms with Crippen molar-refractivity contribution in [1.82, 2.24) is 0 Å². The molecule has 2 rings (SSSR count). The lowest BCUT2D eigenvalue weighted by Crippen LogP contribution is -2.32. The highest BCUT2D eigenvalue weighted by molar-refractivity contribution is 5.85. The smallest absolute Gasteiger partial charge is 0.138 e. The molecular formula is C9H14O3. The number of Topliss-reactive ketones (excluding diaryl/α,β-unsaturated/α-hetero) is 1. The highest BCUT2D eigenvalue weighted by atomic mass is 16.5. The van der Waals surface area contributed by atoms with Crippen molar-refractivity contribution in [3.8, 4) is 0 Å². The number of rotatable bonds is 3. The van der Waals surface area contributed by atoms with Crippen LogP contribution in [0.1, 0.15) is 19.3 Å². The van der Waals surface area contributed by atoms with Crippen LogP contribution in [0.15, 0.2) is 0 Å². The van der Waals surface area contributed by atoms with Gasteiger partial charge in [-0.05, 0) is 6.42 Å². The number of carbonyl (C=O) groups excluding carboxylic acids is 1. The Morgan fingerprint density at radius 1 is 1.50 bits per heavy atom. The lowest BCUT2D eigenvalue weighted by Gasteiger charge is -2.25. The maximum atomic E-state index is 10.6. The molecule has 68 valence electrons.